The zero-order chi connectivity index (χ0) is 13.4. The predicted octanol–water partition coefficient (Wildman–Crippen LogP) is 3.57. The number of benzene rings is 1. The van der Waals surface area contributed by atoms with Gasteiger partial charge in [-0.3, -0.25) is 10.8 Å². The van der Waals surface area contributed by atoms with Crippen molar-refractivity contribution in [2.45, 2.75) is 40.5 Å². The first-order chi connectivity index (χ1) is 8.45. The number of hydrazine groups is 1. The van der Waals surface area contributed by atoms with Gasteiger partial charge in [0.1, 0.15) is 0 Å². The molecule has 0 fully saturated rings. The summed E-state index contributed by atoms with van der Waals surface area (Å²) in [6, 6.07) is 4.28. The molecule has 0 saturated heterocycles. The van der Waals surface area contributed by atoms with Gasteiger partial charge in [0.2, 0.25) is 0 Å². The van der Waals surface area contributed by atoms with Gasteiger partial charge in [0.15, 0.2) is 0 Å². The summed E-state index contributed by atoms with van der Waals surface area (Å²) in [7, 11) is 0. The number of nitrogens with one attached hydrogen (secondary N) is 1. The Morgan fingerprint density at radius 2 is 1.83 bits per heavy atom. The molecule has 96 valence electrons. The van der Waals surface area contributed by atoms with Crippen LogP contribution in [0.3, 0.4) is 0 Å². The molecule has 0 amide bonds. The fourth-order valence-corrected chi connectivity index (χ4v) is 2.77. The van der Waals surface area contributed by atoms with Crippen molar-refractivity contribution in [2.24, 2.45) is 5.84 Å². The van der Waals surface area contributed by atoms with Crippen molar-refractivity contribution in [1.29, 1.82) is 0 Å². The van der Waals surface area contributed by atoms with Crippen molar-refractivity contribution in [3.63, 3.8) is 0 Å². The van der Waals surface area contributed by atoms with Gasteiger partial charge in [0.05, 0.1) is 11.2 Å². The topological polar surface area (TPSA) is 50.9 Å². The Labute approximate surface area is 108 Å². The summed E-state index contributed by atoms with van der Waals surface area (Å²) in [6.45, 7) is 10.6. The van der Waals surface area contributed by atoms with Gasteiger partial charge >= 0.3 is 0 Å². The van der Waals surface area contributed by atoms with Crippen molar-refractivity contribution in [3.8, 4) is 0 Å². The summed E-state index contributed by atoms with van der Waals surface area (Å²) in [6.07, 6.45) is 0. The number of anilines is 1. The summed E-state index contributed by atoms with van der Waals surface area (Å²) >= 11 is 0. The van der Waals surface area contributed by atoms with Gasteiger partial charge in [0.25, 0.3) is 0 Å². The first-order valence-corrected chi connectivity index (χ1v) is 6.33. The Morgan fingerprint density at radius 1 is 1.17 bits per heavy atom. The summed E-state index contributed by atoms with van der Waals surface area (Å²) in [5.74, 6) is 6.15. The van der Waals surface area contributed by atoms with Crippen LogP contribution < -0.4 is 11.3 Å². The van der Waals surface area contributed by atoms with E-state index in [9.17, 15) is 0 Å². The van der Waals surface area contributed by atoms with Gasteiger partial charge in [-0.25, -0.2) is 0 Å². The maximum atomic E-state index is 5.75. The SMILES string of the molecule is Cc1cc(C)c2c(NN)c(C(C)C)c(C)nc2c1. The van der Waals surface area contributed by atoms with Crippen LogP contribution in [0.15, 0.2) is 12.1 Å². The molecule has 3 N–H and O–H groups in total. The van der Waals surface area contributed by atoms with Gasteiger partial charge in [-0.15, -0.1) is 0 Å². The van der Waals surface area contributed by atoms with Crippen LogP contribution in [0.25, 0.3) is 10.9 Å². The van der Waals surface area contributed by atoms with E-state index in [2.05, 4.69) is 45.3 Å². The van der Waals surface area contributed by atoms with Gasteiger partial charge in [0, 0.05) is 16.6 Å². The Kier molecular flexibility index (Phi) is 3.26. The van der Waals surface area contributed by atoms with Gasteiger partial charge in [-0.1, -0.05) is 19.9 Å². The third kappa shape index (κ3) is 1.95. The van der Waals surface area contributed by atoms with Crippen molar-refractivity contribution in [2.75, 3.05) is 5.43 Å². The lowest BCUT2D eigenvalue weighted by atomic mass is 9.94. The highest BCUT2D eigenvalue weighted by Gasteiger charge is 2.16. The molecule has 3 heteroatoms. The first kappa shape index (κ1) is 12.8. The molecule has 0 bridgehead atoms. The predicted molar refractivity (Wildman–Crippen MR) is 77.9 cm³/mol. The Bertz CT molecular complexity index is 600. The van der Waals surface area contributed by atoms with Crippen LogP contribution in [0.1, 0.15) is 42.1 Å². The molecule has 0 unspecified atom stereocenters. The summed E-state index contributed by atoms with van der Waals surface area (Å²) in [4.78, 5) is 4.73. The van der Waals surface area contributed by atoms with E-state index in [0.29, 0.717) is 5.92 Å². The molecule has 0 radical (unpaired) electrons. The monoisotopic (exact) mass is 243 g/mol. The molecule has 1 heterocycles. The zero-order valence-electron chi connectivity index (χ0n) is 11.8. The maximum absolute atomic E-state index is 5.75. The van der Waals surface area contributed by atoms with E-state index in [-0.39, 0.29) is 0 Å². The molecular weight excluding hydrogens is 222 g/mol. The number of aromatic nitrogens is 1. The highest BCUT2D eigenvalue weighted by molar-refractivity contribution is 5.96. The van der Waals surface area contributed by atoms with Crippen LogP contribution in [0, 0.1) is 20.8 Å². The zero-order valence-corrected chi connectivity index (χ0v) is 11.8. The average molecular weight is 243 g/mol. The van der Waals surface area contributed by atoms with E-state index < -0.39 is 0 Å². The number of aryl methyl sites for hydroxylation is 3. The number of pyridine rings is 1. The normalized spacial score (nSPS) is 11.3. The van der Waals surface area contributed by atoms with Crippen LogP contribution >= 0.6 is 0 Å². The quantitative estimate of drug-likeness (QED) is 0.626. The highest BCUT2D eigenvalue weighted by atomic mass is 15.2. The largest absolute Gasteiger partial charge is 0.323 e. The van der Waals surface area contributed by atoms with Crippen LogP contribution in [0.2, 0.25) is 0 Å². The standard InChI is InChI=1S/C15H21N3/c1-8(2)13-11(5)17-12-7-9(3)6-10(4)14(12)15(13)18-16/h6-8H,16H2,1-5H3,(H,17,18). The molecule has 2 rings (SSSR count). The van der Waals surface area contributed by atoms with E-state index in [4.69, 9.17) is 10.8 Å². The number of rotatable bonds is 2. The first-order valence-electron chi connectivity index (χ1n) is 6.33. The molecule has 0 spiro atoms. The lowest BCUT2D eigenvalue weighted by Crippen LogP contribution is -2.13. The van der Waals surface area contributed by atoms with Crippen LogP contribution in [0.4, 0.5) is 5.69 Å². The van der Waals surface area contributed by atoms with E-state index in [1.54, 1.807) is 0 Å². The molecule has 0 aliphatic rings. The number of nitrogen functional groups attached to an aromatic ring is 1. The Hall–Kier alpha value is -1.61. The fraction of sp³-hybridized carbons (Fsp3) is 0.400. The van der Waals surface area contributed by atoms with E-state index in [0.717, 1.165) is 22.3 Å². The number of nitrogens with two attached hydrogens (primary N) is 1. The van der Waals surface area contributed by atoms with Crippen molar-refractivity contribution < 1.29 is 0 Å². The molecule has 1 aromatic heterocycles. The molecule has 0 saturated carbocycles. The average Bonchev–Trinajstić information content (AvgIpc) is 2.25. The van der Waals surface area contributed by atoms with E-state index in [1.807, 2.05) is 6.92 Å². The minimum Gasteiger partial charge on any atom is -0.323 e. The molecular formula is C15H21N3. The Morgan fingerprint density at radius 3 is 2.39 bits per heavy atom. The summed E-state index contributed by atoms with van der Waals surface area (Å²) in [5.41, 5.74) is 9.62. The van der Waals surface area contributed by atoms with Gasteiger partial charge in [-0.2, -0.15) is 0 Å². The lowest BCUT2D eigenvalue weighted by molar-refractivity contribution is 0.848. The molecule has 0 atom stereocenters. The second-order valence-electron chi connectivity index (χ2n) is 5.26. The minimum atomic E-state index is 0.397. The van der Waals surface area contributed by atoms with Crippen LogP contribution in [-0.2, 0) is 0 Å². The molecule has 3 nitrogen and oxygen atoms in total. The van der Waals surface area contributed by atoms with Crippen molar-refractivity contribution in [1.82, 2.24) is 4.98 Å². The number of hydrogen-bond donors (Lipinski definition) is 2. The van der Waals surface area contributed by atoms with Gasteiger partial charge < -0.3 is 5.43 Å². The number of nitrogens with zero attached hydrogens (tertiary/aromatic N) is 1. The third-order valence-electron chi connectivity index (χ3n) is 3.38. The summed E-state index contributed by atoms with van der Waals surface area (Å²) in [5, 5.41) is 1.14. The lowest BCUT2D eigenvalue weighted by Gasteiger charge is -2.19. The van der Waals surface area contributed by atoms with Gasteiger partial charge in [-0.05, 0) is 43.9 Å². The maximum Gasteiger partial charge on any atom is 0.0731 e. The molecule has 0 aliphatic heterocycles. The molecule has 1 aromatic carbocycles. The number of hydrogen-bond acceptors (Lipinski definition) is 3. The van der Waals surface area contributed by atoms with E-state index in [1.165, 1.54) is 16.7 Å². The van der Waals surface area contributed by atoms with Crippen LogP contribution in [-0.4, -0.2) is 4.98 Å². The van der Waals surface area contributed by atoms with Crippen molar-refractivity contribution in [3.05, 3.63) is 34.5 Å². The van der Waals surface area contributed by atoms with Crippen molar-refractivity contribution >= 4 is 16.6 Å². The molecule has 0 aliphatic carbocycles. The smallest absolute Gasteiger partial charge is 0.0731 e. The Balaban J connectivity index is 2.94. The summed E-state index contributed by atoms with van der Waals surface area (Å²) < 4.78 is 0. The van der Waals surface area contributed by atoms with E-state index >= 15 is 0 Å². The fourth-order valence-electron chi connectivity index (χ4n) is 2.77. The minimum absolute atomic E-state index is 0.397. The third-order valence-corrected chi connectivity index (χ3v) is 3.38. The van der Waals surface area contributed by atoms with Crippen LogP contribution in [0.5, 0.6) is 0 Å². The molecule has 2 aromatic rings. The second kappa shape index (κ2) is 4.58. The number of fused-ring (bicyclic) bond motifs is 1. The molecule has 18 heavy (non-hydrogen) atoms. The second-order valence-corrected chi connectivity index (χ2v) is 5.26. The highest BCUT2D eigenvalue weighted by Crippen LogP contribution is 2.35.